The van der Waals surface area contributed by atoms with Crippen molar-refractivity contribution in [2.75, 3.05) is 5.32 Å². The zero-order valence-corrected chi connectivity index (χ0v) is 12.5. The number of amides is 1. The van der Waals surface area contributed by atoms with Gasteiger partial charge in [0.25, 0.3) is 11.5 Å². The molecule has 0 spiro atoms. The van der Waals surface area contributed by atoms with Crippen molar-refractivity contribution < 1.29 is 4.79 Å². The van der Waals surface area contributed by atoms with Crippen molar-refractivity contribution in [1.82, 2.24) is 4.57 Å². The Hall–Kier alpha value is -1.63. The van der Waals surface area contributed by atoms with Gasteiger partial charge in [0.05, 0.1) is 5.69 Å². The fourth-order valence-corrected chi connectivity index (χ4v) is 2.23. The normalized spacial score (nSPS) is 10.2. The number of aryl methyl sites for hydroxylation is 1. The van der Waals surface area contributed by atoms with Gasteiger partial charge in [0.15, 0.2) is 0 Å². The second-order valence-corrected chi connectivity index (χ2v) is 5.25. The van der Waals surface area contributed by atoms with Gasteiger partial charge < -0.3 is 9.88 Å². The summed E-state index contributed by atoms with van der Waals surface area (Å²) in [5, 5.41) is 2.79. The van der Waals surface area contributed by atoms with E-state index in [1.54, 1.807) is 22.9 Å². The second-order valence-electron chi connectivity index (χ2n) is 4.01. The molecule has 0 aliphatic rings. The van der Waals surface area contributed by atoms with Crippen molar-refractivity contribution in [3.05, 3.63) is 62.1 Å². The summed E-state index contributed by atoms with van der Waals surface area (Å²) in [5.41, 5.74) is 1.14. The lowest BCUT2D eigenvalue weighted by atomic mass is 10.2. The van der Waals surface area contributed by atoms with Crippen LogP contribution in [-0.2, 0) is 6.54 Å². The van der Waals surface area contributed by atoms with E-state index in [2.05, 4.69) is 27.9 Å². The van der Waals surface area contributed by atoms with E-state index in [-0.39, 0.29) is 11.5 Å². The molecule has 0 saturated carbocycles. The van der Waals surface area contributed by atoms with Gasteiger partial charge in [0, 0.05) is 27.9 Å². The third-order valence-corrected chi connectivity index (χ3v) is 3.34. The lowest BCUT2D eigenvalue weighted by molar-refractivity contribution is 0.102. The molecule has 0 unspecified atom stereocenters. The van der Waals surface area contributed by atoms with Crippen molar-refractivity contribution in [3.8, 4) is 0 Å². The third kappa shape index (κ3) is 3.44. The third-order valence-electron chi connectivity index (χ3n) is 2.67. The zero-order valence-electron chi connectivity index (χ0n) is 10.4. The highest BCUT2D eigenvalue weighted by atomic mass is 127. The van der Waals surface area contributed by atoms with Crippen LogP contribution in [0.4, 0.5) is 5.69 Å². The molecule has 4 nitrogen and oxygen atoms in total. The summed E-state index contributed by atoms with van der Waals surface area (Å²) in [6.07, 6.45) is 1.65. The van der Waals surface area contributed by atoms with Gasteiger partial charge in [-0.15, -0.1) is 0 Å². The lowest BCUT2D eigenvalue weighted by Gasteiger charge is -2.08. The lowest BCUT2D eigenvalue weighted by Crippen LogP contribution is -2.19. The van der Waals surface area contributed by atoms with E-state index in [0.717, 1.165) is 3.57 Å². The minimum Gasteiger partial charge on any atom is -0.321 e. The topological polar surface area (TPSA) is 51.1 Å². The molecule has 0 aliphatic heterocycles. The van der Waals surface area contributed by atoms with Gasteiger partial charge in [-0.3, -0.25) is 9.59 Å². The van der Waals surface area contributed by atoms with E-state index in [9.17, 15) is 9.59 Å². The highest BCUT2D eigenvalue weighted by Gasteiger charge is 2.07. The van der Waals surface area contributed by atoms with E-state index in [1.165, 1.54) is 6.07 Å². The van der Waals surface area contributed by atoms with Gasteiger partial charge >= 0.3 is 0 Å². The molecule has 1 aromatic carbocycles. The second kappa shape index (κ2) is 6.01. The fraction of sp³-hybridized carbons (Fsp3) is 0.143. The Balaban J connectivity index is 2.22. The number of nitrogens with zero attached hydrogens (tertiary/aromatic N) is 1. The molecule has 0 bridgehead atoms. The minimum atomic E-state index is -0.181. The first-order valence-electron chi connectivity index (χ1n) is 5.87. The number of halogens is 1. The predicted octanol–water partition coefficient (Wildman–Crippen LogP) is 2.73. The summed E-state index contributed by atoms with van der Waals surface area (Å²) in [5.74, 6) is -0.181. The molecule has 0 atom stereocenters. The first-order valence-corrected chi connectivity index (χ1v) is 6.95. The Labute approximate surface area is 124 Å². The summed E-state index contributed by atoms with van der Waals surface area (Å²) in [7, 11) is 0. The van der Waals surface area contributed by atoms with Gasteiger partial charge in [0.1, 0.15) is 0 Å². The smallest absolute Gasteiger partial charge is 0.255 e. The predicted molar refractivity (Wildman–Crippen MR) is 83.5 cm³/mol. The van der Waals surface area contributed by atoms with E-state index in [0.29, 0.717) is 17.8 Å². The van der Waals surface area contributed by atoms with Crippen LogP contribution < -0.4 is 10.9 Å². The molecule has 0 aliphatic carbocycles. The highest BCUT2D eigenvalue weighted by Crippen LogP contribution is 2.11. The van der Waals surface area contributed by atoms with Gasteiger partial charge in [-0.2, -0.15) is 0 Å². The quantitative estimate of drug-likeness (QED) is 0.848. The molecule has 0 radical (unpaired) electrons. The highest BCUT2D eigenvalue weighted by molar-refractivity contribution is 14.1. The fourth-order valence-electron chi connectivity index (χ4n) is 1.69. The van der Waals surface area contributed by atoms with E-state index >= 15 is 0 Å². The molecular weight excluding hydrogens is 355 g/mol. The summed E-state index contributed by atoms with van der Waals surface area (Å²) in [6.45, 7) is 2.46. The van der Waals surface area contributed by atoms with E-state index in [4.69, 9.17) is 0 Å². The molecular formula is C14H13IN2O2. The number of nitrogens with one attached hydrogen (secondary N) is 1. The van der Waals surface area contributed by atoms with Crippen LogP contribution in [-0.4, -0.2) is 10.5 Å². The van der Waals surface area contributed by atoms with Crippen LogP contribution in [0.25, 0.3) is 0 Å². The number of hydrogen-bond donors (Lipinski definition) is 1. The molecule has 0 saturated heterocycles. The van der Waals surface area contributed by atoms with Crippen molar-refractivity contribution in [3.63, 3.8) is 0 Å². The summed E-state index contributed by atoms with van der Waals surface area (Å²) >= 11 is 2.16. The van der Waals surface area contributed by atoms with E-state index < -0.39 is 0 Å². The van der Waals surface area contributed by atoms with Crippen molar-refractivity contribution in [1.29, 1.82) is 0 Å². The molecule has 0 fully saturated rings. The van der Waals surface area contributed by atoms with Crippen LogP contribution in [0.2, 0.25) is 0 Å². The largest absolute Gasteiger partial charge is 0.321 e. The maximum atomic E-state index is 12.0. The molecule has 98 valence electrons. The minimum absolute atomic E-state index is 0.0743. The average molecular weight is 368 g/mol. The SMILES string of the molecule is CCn1cc(NC(=O)c2cccc(I)c2)ccc1=O. The van der Waals surface area contributed by atoms with Gasteiger partial charge in [-0.1, -0.05) is 6.07 Å². The summed E-state index contributed by atoms with van der Waals surface area (Å²) in [6, 6.07) is 10.4. The van der Waals surface area contributed by atoms with Crippen molar-refractivity contribution in [2.45, 2.75) is 13.5 Å². The summed E-state index contributed by atoms with van der Waals surface area (Å²) < 4.78 is 2.55. The molecule has 5 heteroatoms. The van der Waals surface area contributed by atoms with Crippen LogP contribution in [0.1, 0.15) is 17.3 Å². The number of carbonyl (C=O) groups is 1. The van der Waals surface area contributed by atoms with Crippen molar-refractivity contribution in [2.24, 2.45) is 0 Å². The number of anilines is 1. The van der Waals surface area contributed by atoms with Crippen LogP contribution in [0.5, 0.6) is 0 Å². The van der Waals surface area contributed by atoms with Gasteiger partial charge in [-0.05, 0) is 53.8 Å². The number of benzene rings is 1. The van der Waals surface area contributed by atoms with Crippen LogP contribution in [0.15, 0.2) is 47.4 Å². The molecule has 1 N–H and O–H groups in total. The Bertz CT molecular complexity index is 664. The Morgan fingerprint density at radius 1 is 1.32 bits per heavy atom. The van der Waals surface area contributed by atoms with E-state index in [1.807, 2.05) is 25.1 Å². The molecule has 2 aromatic rings. The first-order chi connectivity index (χ1) is 9.10. The number of pyridine rings is 1. The molecule has 1 aromatic heterocycles. The zero-order chi connectivity index (χ0) is 13.8. The monoisotopic (exact) mass is 368 g/mol. The number of hydrogen-bond acceptors (Lipinski definition) is 2. The van der Waals surface area contributed by atoms with Crippen LogP contribution in [0, 0.1) is 3.57 Å². The standard InChI is InChI=1S/C14H13IN2O2/c1-2-17-9-12(6-7-13(17)18)16-14(19)10-4-3-5-11(15)8-10/h3-9H,2H2,1H3,(H,16,19). The number of carbonyl (C=O) groups excluding carboxylic acids is 1. The molecule has 2 rings (SSSR count). The number of aromatic nitrogens is 1. The Morgan fingerprint density at radius 2 is 2.11 bits per heavy atom. The maximum Gasteiger partial charge on any atom is 0.255 e. The summed E-state index contributed by atoms with van der Waals surface area (Å²) in [4.78, 5) is 23.5. The van der Waals surface area contributed by atoms with Crippen LogP contribution in [0.3, 0.4) is 0 Å². The molecule has 1 amide bonds. The van der Waals surface area contributed by atoms with Crippen LogP contribution >= 0.6 is 22.6 Å². The first kappa shape index (κ1) is 13.8. The maximum absolute atomic E-state index is 12.0. The molecule has 19 heavy (non-hydrogen) atoms. The molecule has 1 heterocycles. The van der Waals surface area contributed by atoms with Gasteiger partial charge in [0.2, 0.25) is 0 Å². The van der Waals surface area contributed by atoms with Crippen molar-refractivity contribution >= 4 is 34.2 Å². The number of rotatable bonds is 3. The van der Waals surface area contributed by atoms with Gasteiger partial charge in [-0.25, -0.2) is 0 Å². The Morgan fingerprint density at radius 3 is 2.79 bits per heavy atom. The average Bonchev–Trinajstić information content (AvgIpc) is 2.41. The Kier molecular flexibility index (Phi) is 4.36.